The van der Waals surface area contributed by atoms with Crippen molar-refractivity contribution in [1.29, 1.82) is 0 Å². The number of pyridine rings is 1. The van der Waals surface area contributed by atoms with Gasteiger partial charge in [0, 0.05) is 38.0 Å². The Labute approximate surface area is 156 Å². The highest BCUT2D eigenvalue weighted by Crippen LogP contribution is 2.33. The van der Waals surface area contributed by atoms with Gasteiger partial charge in [0.2, 0.25) is 10.0 Å². The van der Waals surface area contributed by atoms with Crippen molar-refractivity contribution >= 4 is 15.7 Å². The van der Waals surface area contributed by atoms with Crippen LogP contribution in [0.25, 0.3) is 5.65 Å². The number of rotatable bonds is 3. The molecule has 1 aliphatic heterocycles. The Balaban J connectivity index is 1.57. The van der Waals surface area contributed by atoms with E-state index in [4.69, 9.17) is 0 Å². The summed E-state index contributed by atoms with van der Waals surface area (Å²) >= 11 is 0. The molecule has 0 amide bonds. The van der Waals surface area contributed by atoms with Gasteiger partial charge in [0.25, 0.3) is 0 Å². The SMILES string of the molecule is Cc1nn(C)c(C)c1S(=O)(=O)N1CCC(c2cn3ncnc3cc2F)CC1. The number of aromatic nitrogens is 5. The van der Waals surface area contributed by atoms with Gasteiger partial charge < -0.3 is 0 Å². The fourth-order valence-electron chi connectivity index (χ4n) is 3.82. The number of hydrogen-bond acceptors (Lipinski definition) is 5. The van der Waals surface area contributed by atoms with Crippen LogP contribution in [0.2, 0.25) is 0 Å². The summed E-state index contributed by atoms with van der Waals surface area (Å²) in [7, 11) is -1.88. The molecule has 1 fully saturated rings. The van der Waals surface area contributed by atoms with Gasteiger partial charge in [-0.3, -0.25) is 4.68 Å². The minimum Gasteiger partial charge on any atom is -0.271 e. The summed E-state index contributed by atoms with van der Waals surface area (Å²) in [6.07, 6.45) is 4.14. The minimum atomic E-state index is -3.62. The van der Waals surface area contributed by atoms with E-state index in [9.17, 15) is 12.8 Å². The second-order valence-electron chi connectivity index (χ2n) is 6.94. The first-order valence-corrected chi connectivity index (χ1v) is 10.2. The quantitative estimate of drug-likeness (QED) is 0.678. The summed E-state index contributed by atoms with van der Waals surface area (Å²) in [6, 6.07) is 1.37. The maximum Gasteiger partial charge on any atom is 0.246 e. The molecule has 0 N–H and O–H groups in total. The van der Waals surface area contributed by atoms with Crippen molar-refractivity contribution in [3.63, 3.8) is 0 Å². The van der Waals surface area contributed by atoms with Crippen LogP contribution in [-0.2, 0) is 17.1 Å². The summed E-state index contributed by atoms with van der Waals surface area (Å²) < 4.78 is 45.2. The molecule has 8 nitrogen and oxygen atoms in total. The van der Waals surface area contributed by atoms with Crippen LogP contribution < -0.4 is 0 Å². The maximum absolute atomic E-state index is 14.5. The Bertz CT molecular complexity index is 1110. The maximum atomic E-state index is 14.5. The zero-order chi connectivity index (χ0) is 19.3. The fraction of sp³-hybridized carbons (Fsp3) is 0.471. The van der Waals surface area contributed by atoms with Gasteiger partial charge in [-0.1, -0.05) is 0 Å². The van der Waals surface area contributed by atoms with Gasteiger partial charge >= 0.3 is 0 Å². The molecule has 27 heavy (non-hydrogen) atoms. The van der Waals surface area contributed by atoms with Crippen molar-refractivity contribution in [3.8, 4) is 0 Å². The van der Waals surface area contributed by atoms with E-state index in [0.29, 0.717) is 48.5 Å². The first-order chi connectivity index (χ1) is 12.8. The van der Waals surface area contributed by atoms with E-state index in [0.717, 1.165) is 0 Å². The Morgan fingerprint density at radius 3 is 2.56 bits per heavy atom. The molecule has 0 aromatic carbocycles. The summed E-state index contributed by atoms with van der Waals surface area (Å²) in [5.41, 5.74) is 2.13. The van der Waals surface area contributed by atoms with Crippen LogP contribution in [0.3, 0.4) is 0 Å². The first kappa shape index (κ1) is 18.1. The molecule has 3 aromatic rings. The smallest absolute Gasteiger partial charge is 0.246 e. The molecule has 4 heterocycles. The Kier molecular flexibility index (Phi) is 4.26. The summed E-state index contributed by atoms with van der Waals surface area (Å²) in [6.45, 7) is 4.14. The number of nitrogens with zero attached hydrogens (tertiary/aromatic N) is 6. The number of sulfonamides is 1. The lowest BCUT2D eigenvalue weighted by Gasteiger charge is -2.31. The number of piperidine rings is 1. The summed E-state index contributed by atoms with van der Waals surface area (Å²) in [4.78, 5) is 4.26. The Morgan fingerprint density at radius 2 is 1.93 bits per heavy atom. The number of fused-ring (bicyclic) bond motifs is 1. The fourth-order valence-corrected chi connectivity index (χ4v) is 5.69. The third-order valence-electron chi connectivity index (χ3n) is 5.33. The van der Waals surface area contributed by atoms with Crippen LogP contribution in [0.1, 0.15) is 35.7 Å². The van der Waals surface area contributed by atoms with Crippen LogP contribution in [0.5, 0.6) is 0 Å². The van der Waals surface area contributed by atoms with Gasteiger partial charge in [0.05, 0.1) is 11.4 Å². The Morgan fingerprint density at radius 1 is 1.22 bits per heavy atom. The normalized spacial score (nSPS) is 17.0. The standard InChI is InChI=1S/C17H21FN6O2S/c1-11-17(12(2)22(3)21-11)27(25,26)23-6-4-13(5-7-23)14-9-24-16(8-15(14)18)19-10-20-24/h8-10,13H,4-7H2,1-3H3. The molecule has 144 valence electrons. The van der Waals surface area contributed by atoms with E-state index in [1.165, 1.54) is 16.7 Å². The zero-order valence-corrected chi connectivity index (χ0v) is 16.2. The molecule has 3 aromatic heterocycles. The van der Waals surface area contributed by atoms with Crippen molar-refractivity contribution < 1.29 is 12.8 Å². The van der Waals surface area contributed by atoms with Crippen molar-refractivity contribution in [2.75, 3.05) is 13.1 Å². The molecule has 10 heteroatoms. The predicted octanol–water partition coefficient (Wildman–Crippen LogP) is 1.79. The lowest BCUT2D eigenvalue weighted by atomic mass is 9.91. The third-order valence-corrected chi connectivity index (χ3v) is 7.48. The average Bonchev–Trinajstić information content (AvgIpc) is 3.17. The molecular weight excluding hydrogens is 371 g/mol. The monoisotopic (exact) mass is 392 g/mol. The summed E-state index contributed by atoms with van der Waals surface area (Å²) in [5.74, 6) is -0.378. The van der Waals surface area contributed by atoms with Crippen LogP contribution in [0, 0.1) is 19.7 Å². The molecule has 0 atom stereocenters. The van der Waals surface area contributed by atoms with E-state index >= 15 is 0 Å². The van der Waals surface area contributed by atoms with Crippen molar-refractivity contribution in [3.05, 3.63) is 41.4 Å². The lowest BCUT2D eigenvalue weighted by Crippen LogP contribution is -2.38. The van der Waals surface area contributed by atoms with E-state index in [2.05, 4.69) is 15.2 Å². The highest BCUT2D eigenvalue weighted by Gasteiger charge is 2.34. The molecule has 0 bridgehead atoms. The van der Waals surface area contributed by atoms with E-state index in [-0.39, 0.29) is 16.6 Å². The number of aryl methyl sites for hydroxylation is 2. The molecule has 0 radical (unpaired) electrons. The topological polar surface area (TPSA) is 85.4 Å². The van der Waals surface area contributed by atoms with Gasteiger partial charge in [0.15, 0.2) is 5.65 Å². The van der Waals surface area contributed by atoms with Crippen molar-refractivity contribution in [1.82, 2.24) is 28.7 Å². The van der Waals surface area contributed by atoms with E-state index < -0.39 is 10.0 Å². The molecular formula is C17H21FN6O2S. The molecule has 0 unspecified atom stereocenters. The van der Waals surface area contributed by atoms with Gasteiger partial charge in [-0.15, -0.1) is 0 Å². The van der Waals surface area contributed by atoms with Crippen LogP contribution in [-0.4, -0.2) is 50.2 Å². The molecule has 1 aliphatic rings. The molecule has 0 aliphatic carbocycles. The second kappa shape index (κ2) is 6.38. The van der Waals surface area contributed by atoms with E-state index in [1.54, 1.807) is 36.3 Å². The molecule has 0 saturated carbocycles. The molecule has 4 rings (SSSR count). The van der Waals surface area contributed by atoms with Gasteiger partial charge in [-0.25, -0.2) is 22.3 Å². The van der Waals surface area contributed by atoms with Gasteiger partial charge in [-0.05, 0) is 32.6 Å². The second-order valence-corrected chi connectivity index (χ2v) is 8.82. The average molecular weight is 392 g/mol. The molecule has 1 saturated heterocycles. The lowest BCUT2D eigenvalue weighted by molar-refractivity contribution is 0.315. The highest BCUT2D eigenvalue weighted by molar-refractivity contribution is 7.89. The Hall–Kier alpha value is -2.33. The third kappa shape index (κ3) is 2.92. The summed E-state index contributed by atoms with van der Waals surface area (Å²) in [5, 5.41) is 8.27. The van der Waals surface area contributed by atoms with Crippen molar-refractivity contribution in [2.45, 2.75) is 37.5 Å². The zero-order valence-electron chi connectivity index (χ0n) is 15.4. The van der Waals surface area contributed by atoms with E-state index in [1.807, 2.05) is 0 Å². The predicted molar refractivity (Wildman–Crippen MR) is 96.4 cm³/mol. The van der Waals surface area contributed by atoms with Crippen LogP contribution >= 0.6 is 0 Å². The van der Waals surface area contributed by atoms with Gasteiger partial charge in [-0.2, -0.15) is 14.5 Å². The van der Waals surface area contributed by atoms with Gasteiger partial charge in [0.1, 0.15) is 17.0 Å². The number of halogens is 1. The van der Waals surface area contributed by atoms with Crippen LogP contribution in [0.4, 0.5) is 4.39 Å². The minimum absolute atomic E-state index is 0.0545. The highest BCUT2D eigenvalue weighted by atomic mass is 32.2. The largest absolute Gasteiger partial charge is 0.271 e. The van der Waals surface area contributed by atoms with Crippen LogP contribution in [0.15, 0.2) is 23.5 Å². The molecule has 0 spiro atoms. The number of hydrogen-bond donors (Lipinski definition) is 0. The first-order valence-electron chi connectivity index (χ1n) is 8.78. The van der Waals surface area contributed by atoms with Crippen molar-refractivity contribution in [2.24, 2.45) is 7.05 Å².